The molecule has 0 saturated carbocycles. The van der Waals surface area contributed by atoms with Gasteiger partial charge in [0.15, 0.2) is 0 Å². The van der Waals surface area contributed by atoms with Gasteiger partial charge in [-0.2, -0.15) is 0 Å². The Morgan fingerprint density at radius 2 is 2.43 bits per heavy atom. The van der Waals surface area contributed by atoms with Crippen LogP contribution in [0.5, 0.6) is 0 Å². The summed E-state index contributed by atoms with van der Waals surface area (Å²) in [7, 11) is 0. The zero-order valence-corrected chi connectivity index (χ0v) is 8.33. The molecule has 0 saturated heterocycles. The van der Waals surface area contributed by atoms with E-state index >= 15 is 0 Å². The lowest BCUT2D eigenvalue weighted by molar-refractivity contribution is 0.162. The van der Waals surface area contributed by atoms with Crippen molar-refractivity contribution >= 4 is 5.69 Å². The van der Waals surface area contributed by atoms with Gasteiger partial charge in [-0.15, -0.1) is 0 Å². The molecule has 3 nitrogen and oxygen atoms in total. The van der Waals surface area contributed by atoms with Crippen molar-refractivity contribution in [2.45, 2.75) is 25.5 Å². The fourth-order valence-corrected chi connectivity index (χ4v) is 1.92. The fraction of sp³-hybridized carbons (Fsp3) is 0.455. The summed E-state index contributed by atoms with van der Waals surface area (Å²) in [5, 5.41) is 12.9. The second kappa shape index (κ2) is 3.59. The molecule has 1 heterocycles. The van der Waals surface area contributed by atoms with Crippen molar-refractivity contribution in [1.82, 2.24) is 0 Å². The van der Waals surface area contributed by atoms with Crippen LogP contribution in [0.25, 0.3) is 0 Å². The van der Waals surface area contributed by atoms with E-state index in [-0.39, 0.29) is 6.04 Å². The lowest BCUT2D eigenvalue weighted by Gasteiger charge is -2.16. The molecule has 76 valence electrons. The second-order valence-corrected chi connectivity index (χ2v) is 3.92. The van der Waals surface area contributed by atoms with Gasteiger partial charge in [0.2, 0.25) is 0 Å². The summed E-state index contributed by atoms with van der Waals surface area (Å²) in [6.45, 7) is 2.39. The van der Waals surface area contributed by atoms with Crippen molar-refractivity contribution in [3.63, 3.8) is 0 Å². The Bertz CT molecular complexity index is 338. The average molecular weight is 192 g/mol. The summed E-state index contributed by atoms with van der Waals surface area (Å²) in [6.07, 6.45) is 0.415. The Balaban J connectivity index is 2.17. The van der Waals surface area contributed by atoms with E-state index in [0.29, 0.717) is 6.54 Å². The number of fused-ring (bicyclic) bond motifs is 1. The van der Waals surface area contributed by atoms with Gasteiger partial charge in [-0.1, -0.05) is 17.7 Å². The molecule has 2 unspecified atom stereocenters. The first-order valence-corrected chi connectivity index (χ1v) is 4.95. The van der Waals surface area contributed by atoms with Crippen molar-refractivity contribution in [2.24, 2.45) is 5.73 Å². The van der Waals surface area contributed by atoms with Gasteiger partial charge in [0.05, 0.1) is 12.1 Å². The maximum absolute atomic E-state index is 9.61. The number of nitrogens with two attached hydrogens (primary N) is 1. The zero-order valence-electron chi connectivity index (χ0n) is 8.33. The second-order valence-electron chi connectivity index (χ2n) is 3.92. The minimum absolute atomic E-state index is 0.0804. The SMILES string of the molecule is Cc1ccc2c(c1)CC(C(O)CN)N2. The molecular formula is C11H16N2O. The summed E-state index contributed by atoms with van der Waals surface area (Å²) in [6, 6.07) is 6.37. The van der Waals surface area contributed by atoms with E-state index in [0.717, 1.165) is 12.1 Å². The predicted octanol–water partition coefficient (Wildman–Crippen LogP) is 0.651. The van der Waals surface area contributed by atoms with Gasteiger partial charge >= 0.3 is 0 Å². The van der Waals surface area contributed by atoms with E-state index in [1.807, 2.05) is 0 Å². The van der Waals surface area contributed by atoms with Crippen molar-refractivity contribution < 1.29 is 5.11 Å². The topological polar surface area (TPSA) is 58.3 Å². The van der Waals surface area contributed by atoms with Gasteiger partial charge in [0, 0.05) is 12.2 Å². The van der Waals surface area contributed by atoms with Crippen LogP contribution in [-0.4, -0.2) is 23.8 Å². The first kappa shape index (κ1) is 9.49. The van der Waals surface area contributed by atoms with Gasteiger partial charge in [-0.05, 0) is 25.0 Å². The third kappa shape index (κ3) is 1.61. The molecule has 3 heteroatoms. The Hall–Kier alpha value is -1.06. The normalized spacial score (nSPS) is 21.5. The van der Waals surface area contributed by atoms with Crippen LogP contribution in [0.2, 0.25) is 0 Å². The molecule has 1 aliphatic rings. The number of aryl methyl sites for hydroxylation is 1. The highest BCUT2D eigenvalue weighted by Crippen LogP contribution is 2.27. The number of aliphatic hydroxyl groups excluding tert-OH is 1. The molecule has 0 radical (unpaired) electrons. The lowest BCUT2D eigenvalue weighted by Crippen LogP contribution is -2.37. The minimum Gasteiger partial charge on any atom is -0.390 e. The van der Waals surface area contributed by atoms with Crippen LogP contribution in [0.3, 0.4) is 0 Å². The van der Waals surface area contributed by atoms with Crippen molar-refractivity contribution in [3.05, 3.63) is 29.3 Å². The smallest absolute Gasteiger partial charge is 0.0866 e. The number of nitrogens with one attached hydrogen (secondary N) is 1. The third-order valence-corrected chi connectivity index (χ3v) is 2.75. The van der Waals surface area contributed by atoms with Crippen LogP contribution in [0, 0.1) is 6.92 Å². The molecule has 1 aromatic rings. The van der Waals surface area contributed by atoms with Crippen LogP contribution < -0.4 is 11.1 Å². The largest absolute Gasteiger partial charge is 0.390 e. The lowest BCUT2D eigenvalue weighted by atomic mass is 10.0. The molecular weight excluding hydrogens is 176 g/mol. The first-order valence-electron chi connectivity index (χ1n) is 4.95. The minimum atomic E-state index is -0.456. The van der Waals surface area contributed by atoms with Crippen LogP contribution in [0.1, 0.15) is 11.1 Å². The number of hydrogen-bond acceptors (Lipinski definition) is 3. The van der Waals surface area contributed by atoms with E-state index in [1.165, 1.54) is 11.1 Å². The molecule has 0 fully saturated rings. The van der Waals surface area contributed by atoms with Gasteiger partial charge in [0.1, 0.15) is 0 Å². The molecule has 2 atom stereocenters. The summed E-state index contributed by atoms with van der Waals surface area (Å²) in [5.74, 6) is 0. The highest BCUT2D eigenvalue weighted by molar-refractivity contribution is 5.58. The Labute approximate surface area is 83.9 Å². The highest BCUT2D eigenvalue weighted by Gasteiger charge is 2.25. The fourth-order valence-electron chi connectivity index (χ4n) is 1.92. The molecule has 0 aromatic heterocycles. The third-order valence-electron chi connectivity index (χ3n) is 2.75. The van der Waals surface area contributed by atoms with E-state index in [2.05, 4.69) is 30.4 Å². The van der Waals surface area contributed by atoms with Gasteiger partial charge in [-0.3, -0.25) is 0 Å². The van der Waals surface area contributed by atoms with E-state index in [9.17, 15) is 5.11 Å². The Morgan fingerprint density at radius 3 is 3.14 bits per heavy atom. The number of rotatable bonds is 2. The van der Waals surface area contributed by atoms with E-state index in [1.54, 1.807) is 0 Å². The summed E-state index contributed by atoms with van der Waals surface area (Å²) in [4.78, 5) is 0. The molecule has 2 rings (SSSR count). The molecule has 4 N–H and O–H groups in total. The highest BCUT2D eigenvalue weighted by atomic mass is 16.3. The Kier molecular flexibility index (Phi) is 2.44. The molecule has 0 amide bonds. The molecule has 14 heavy (non-hydrogen) atoms. The number of hydrogen-bond donors (Lipinski definition) is 3. The van der Waals surface area contributed by atoms with Crippen LogP contribution in [0.4, 0.5) is 5.69 Å². The van der Waals surface area contributed by atoms with Crippen LogP contribution >= 0.6 is 0 Å². The number of anilines is 1. The first-order chi connectivity index (χ1) is 6.70. The Morgan fingerprint density at radius 1 is 1.64 bits per heavy atom. The summed E-state index contributed by atoms with van der Waals surface area (Å²) in [5.41, 5.74) is 9.10. The molecule has 0 bridgehead atoms. The maximum Gasteiger partial charge on any atom is 0.0866 e. The summed E-state index contributed by atoms with van der Waals surface area (Å²) < 4.78 is 0. The quantitative estimate of drug-likeness (QED) is 0.645. The summed E-state index contributed by atoms with van der Waals surface area (Å²) >= 11 is 0. The van der Waals surface area contributed by atoms with Gasteiger partial charge in [0.25, 0.3) is 0 Å². The van der Waals surface area contributed by atoms with Crippen molar-refractivity contribution in [1.29, 1.82) is 0 Å². The van der Waals surface area contributed by atoms with E-state index < -0.39 is 6.10 Å². The molecule has 1 aromatic carbocycles. The molecule has 0 aliphatic carbocycles. The van der Waals surface area contributed by atoms with Crippen LogP contribution in [0.15, 0.2) is 18.2 Å². The standard InChI is InChI=1S/C11H16N2O/c1-7-2-3-9-8(4-7)5-10(13-9)11(14)6-12/h2-4,10-11,13-14H,5-6,12H2,1H3. The van der Waals surface area contributed by atoms with Crippen LogP contribution in [-0.2, 0) is 6.42 Å². The van der Waals surface area contributed by atoms with Crippen molar-refractivity contribution in [3.8, 4) is 0 Å². The van der Waals surface area contributed by atoms with Gasteiger partial charge < -0.3 is 16.2 Å². The van der Waals surface area contributed by atoms with Crippen molar-refractivity contribution in [2.75, 3.05) is 11.9 Å². The number of aliphatic hydroxyl groups is 1. The predicted molar refractivity (Wildman–Crippen MR) is 57.4 cm³/mol. The molecule has 0 spiro atoms. The number of benzene rings is 1. The average Bonchev–Trinajstić information content (AvgIpc) is 2.59. The maximum atomic E-state index is 9.61. The molecule has 1 aliphatic heterocycles. The van der Waals surface area contributed by atoms with E-state index in [4.69, 9.17) is 5.73 Å². The van der Waals surface area contributed by atoms with Gasteiger partial charge in [-0.25, -0.2) is 0 Å². The zero-order chi connectivity index (χ0) is 10.1. The monoisotopic (exact) mass is 192 g/mol.